The average molecular weight is 229 g/mol. The fourth-order valence-corrected chi connectivity index (χ4v) is 1.53. The molecule has 0 bridgehead atoms. The van der Waals surface area contributed by atoms with Crippen molar-refractivity contribution >= 4 is 22.4 Å². The van der Waals surface area contributed by atoms with Crippen LogP contribution in [0.2, 0.25) is 0 Å². The summed E-state index contributed by atoms with van der Waals surface area (Å²) in [6, 6.07) is 0.377. The SMILES string of the molecule is CC(CNc1ncc(C(=O)O)s1)N(C)C. The number of rotatable bonds is 5. The standard InChI is InChI=1S/C9H15N3O2S/c1-6(12(2)3)4-10-9-11-5-7(15-9)8(13)14/h5-6H,4H2,1-3H3,(H,10,11)(H,13,14). The van der Waals surface area contributed by atoms with Crippen molar-refractivity contribution in [1.29, 1.82) is 0 Å². The number of likely N-dealkylation sites (N-methyl/N-ethyl adjacent to an activating group) is 1. The molecule has 0 radical (unpaired) electrons. The van der Waals surface area contributed by atoms with Gasteiger partial charge >= 0.3 is 5.97 Å². The number of carboxylic acid groups (broad SMARTS) is 1. The van der Waals surface area contributed by atoms with Gasteiger partial charge in [0.25, 0.3) is 0 Å². The Morgan fingerprint density at radius 2 is 2.40 bits per heavy atom. The average Bonchev–Trinajstić information content (AvgIpc) is 2.62. The van der Waals surface area contributed by atoms with Crippen molar-refractivity contribution < 1.29 is 9.90 Å². The van der Waals surface area contributed by atoms with Crippen LogP contribution in [0.1, 0.15) is 16.6 Å². The monoisotopic (exact) mass is 229 g/mol. The highest BCUT2D eigenvalue weighted by atomic mass is 32.1. The van der Waals surface area contributed by atoms with E-state index in [-0.39, 0.29) is 4.88 Å². The van der Waals surface area contributed by atoms with Gasteiger partial charge in [-0.25, -0.2) is 9.78 Å². The van der Waals surface area contributed by atoms with Gasteiger partial charge in [0.2, 0.25) is 0 Å². The normalized spacial score (nSPS) is 12.8. The Labute approximate surface area is 92.7 Å². The summed E-state index contributed by atoms with van der Waals surface area (Å²) in [7, 11) is 3.99. The summed E-state index contributed by atoms with van der Waals surface area (Å²) >= 11 is 1.15. The molecule has 0 aliphatic heterocycles. The van der Waals surface area contributed by atoms with E-state index >= 15 is 0 Å². The topological polar surface area (TPSA) is 65.5 Å². The molecule has 0 amide bonds. The highest BCUT2D eigenvalue weighted by molar-refractivity contribution is 7.17. The molecule has 1 atom stereocenters. The van der Waals surface area contributed by atoms with Crippen LogP contribution in [0.3, 0.4) is 0 Å². The first-order valence-electron chi connectivity index (χ1n) is 4.60. The molecular formula is C9H15N3O2S. The molecule has 84 valence electrons. The van der Waals surface area contributed by atoms with Crippen molar-refractivity contribution in [1.82, 2.24) is 9.88 Å². The van der Waals surface area contributed by atoms with Crippen LogP contribution in [0.15, 0.2) is 6.20 Å². The lowest BCUT2D eigenvalue weighted by molar-refractivity contribution is 0.0702. The minimum Gasteiger partial charge on any atom is -0.477 e. The minimum atomic E-state index is -0.929. The van der Waals surface area contributed by atoms with Gasteiger partial charge in [-0.1, -0.05) is 11.3 Å². The van der Waals surface area contributed by atoms with Crippen LogP contribution in [0, 0.1) is 0 Å². The van der Waals surface area contributed by atoms with E-state index in [0.29, 0.717) is 11.2 Å². The highest BCUT2D eigenvalue weighted by Gasteiger charge is 2.09. The van der Waals surface area contributed by atoms with Crippen molar-refractivity contribution in [2.45, 2.75) is 13.0 Å². The summed E-state index contributed by atoms with van der Waals surface area (Å²) in [5, 5.41) is 12.5. The van der Waals surface area contributed by atoms with E-state index in [1.54, 1.807) is 0 Å². The molecule has 5 nitrogen and oxygen atoms in total. The minimum absolute atomic E-state index is 0.259. The number of carbonyl (C=O) groups is 1. The third-order valence-corrected chi connectivity index (χ3v) is 3.09. The highest BCUT2D eigenvalue weighted by Crippen LogP contribution is 2.17. The zero-order valence-electron chi connectivity index (χ0n) is 9.02. The van der Waals surface area contributed by atoms with Crippen LogP contribution in [0.5, 0.6) is 0 Å². The number of aromatic carboxylic acids is 1. The molecule has 0 saturated heterocycles. The zero-order valence-corrected chi connectivity index (χ0v) is 9.84. The van der Waals surface area contributed by atoms with E-state index in [9.17, 15) is 4.79 Å². The molecule has 2 N–H and O–H groups in total. The van der Waals surface area contributed by atoms with Crippen molar-refractivity contribution in [3.05, 3.63) is 11.1 Å². The van der Waals surface area contributed by atoms with Crippen LogP contribution in [0.25, 0.3) is 0 Å². The zero-order chi connectivity index (χ0) is 11.4. The molecule has 1 aromatic rings. The van der Waals surface area contributed by atoms with Gasteiger partial charge in [-0.2, -0.15) is 0 Å². The molecule has 1 unspecified atom stereocenters. The number of nitrogens with zero attached hydrogens (tertiary/aromatic N) is 2. The van der Waals surface area contributed by atoms with Crippen molar-refractivity contribution in [3.8, 4) is 0 Å². The predicted octanol–water partition coefficient (Wildman–Crippen LogP) is 1.20. The Hall–Kier alpha value is -1.14. The lowest BCUT2D eigenvalue weighted by Crippen LogP contribution is -2.31. The van der Waals surface area contributed by atoms with Gasteiger partial charge < -0.3 is 15.3 Å². The van der Waals surface area contributed by atoms with Gasteiger partial charge in [0, 0.05) is 12.6 Å². The van der Waals surface area contributed by atoms with Crippen LogP contribution in [0.4, 0.5) is 5.13 Å². The summed E-state index contributed by atoms with van der Waals surface area (Å²) in [5.41, 5.74) is 0. The molecule has 1 aromatic heterocycles. The summed E-state index contributed by atoms with van der Waals surface area (Å²) < 4.78 is 0. The fraction of sp³-hybridized carbons (Fsp3) is 0.556. The lowest BCUT2D eigenvalue weighted by atomic mass is 10.3. The van der Waals surface area contributed by atoms with Gasteiger partial charge in [-0.05, 0) is 21.0 Å². The molecule has 0 spiro atoms. The number of carboxylic acids is 1. The number of hydrogen-bond acceptors (Lipinski definition) is 5. The first kappa shape index (κ1) is 11.9. The van der Waals surface area contributed by atoms with E-state index in [4.69, 9.17) is 5.11 Å². The molecule has 0 fully saturated rings. The maximum atomic E-state index is 10.6. The number of hydrogen-bond donors (Lipinski definition) is 2. The first-order valence-corrected chi connectivity index (χ1v) is 5.41. The third-order valence-electron chi connectivity index (χ3n) is 2.15. The molecule has 0 saturated carbocycles. The lowest BCUT2D eigenvalue weighted by Gasteiger charge is -2.19. The van der Waals surface area contributed by atoms with Gasteiger partial charge in [0.05, 0.1) is 6.20 Å². The summed E-state index contributed by atoms with van der Waals surface area (Å²) in [5.74, 6) is -0.929. The van der Waals surface area contributed by atoms with Gasteiger partial charge in [0.1, 0.15) is 4.88 Å². The second kappa shape index (κ2) is 5.09. The quantitative estimate of drug-likeness (QED) is 0.794. The molecule has 0 aliphatic carbocycles. The third kappa shape index (κ3) is 3.49. The van der Waals surface area contributed by atoms with E-state index < -0.39 is 5.97 Å². The smallest absolute Gasteiger partial charge is 0.347 e. The Morgan fingerprint density at radius 3 is 2.87 bits per heavy atom. The molecule has 6 heteroatoms. The Bertz CT molecular complexity index is 338. The van der Waals surface area contributed by atoms with Crippen LogP contribution >= 0.6 is 11.3 Å². The molecular weight excluding hydrogens is 214 g/mol. The number of anilines is 1. The van der Waals surface area contributed by atoms with E-state index in [1.165, 1.54) is 6.20 Å². The van der Waals surface area contributed by atoms with Crippen LogP contribution in [-0.4, -0.2) is 47.6 Å². The van der Waals surface area contributed by atoms with Crippen molar-refractivity contribution in [2.24, 2.45) is 0 Å². The second-order valence-electron chi connectivity index (χ2n) is 3.53. The van der Waals surface area contributed by atoms with E-state index in [1.807, 2.05) is 14.1 Å². The van der Waals surface area contributed by atoms with E-state index in [0.717, 1.165) is 17.9 Å². The predicted molar refractivity (Wildman–Crippen MR) is 60.7 cm³/mol. The van der Waals surface area contributed by atoms with Gasteiger partial charge in [0.15, 0.2) is 5.13 Å². The molecule has 15 heavy (non-hydrogen) atoms. The maximum Gasteiger partial charge on any atom is 0.347 e. The Kier molecular flexibility index (Phi) is 4.05. The molecule has 1 heterocycles. The Morgan fingerprint density at radius 1 is 1.73 bits per heavy atom. The Balaban J connectivity index is 2.48. The molecule has 1 rings (SSSR count). The van der Waals surface area contributed by atoms with Crippen molar-refractivity contribution in [2.75, 3.05) is 26.0 Å². The van der Waals surface area contributed by atoms with E-state index in [2.05, 4.69) is 22.1 Å². The summed E-state index contributed by atoms with van der Waals surface area (Å²) in [6.45, 7) is 2.83. The van der Waals surface area contributed by atoms with Crippen LogP contribution in [-0.2, 0) is 0 Å². The van der Waals surface area contributed by atoms with Gasteiger partial charge in [-0.3, -0.25) is 0 Å². The number of thiazole rings is 1. The number of nitrogens with one attached hydrogen (secondary N) is 1. The fourth-order valence-electron chi connectivity index (χ4n) is 0.872. The van der Waals surface area contributed by atoms with Crippen LogP contribution < -0.4 is 5.32 Å². The number of aromatic nitrogens is 1. The summed E-state index contributed by atoms with van der Waals surface area (Å²) in [4.78, 5) is 16.9. The molecule has 0 aromatic carbocycles. The van der Waals surface area contributed by atoms with Crippen molar-refractivity contribution in [3.63, 3.8) is 0 Å². The largest absolute Gasteiger partial charge is 0.477 e. The summed E-state index contributed by atoms with van der Waals surface area (Å²) in [6.07, 6.45) is 1.37. The molecule has 0 aliphatic rings. The second-order valence-corrected chi connectivity index (χ2v) is 4.56. The maximum absolute atomic E-state index is 10.6. The van der Waals surface area contributed by atoms with Gasteiger partial charge in [-0.15, -0.1) is 0 Å². The first-order chi connectivity index (χ1) is 7.00.